The van der Waals surface area contributed by atoms with E-state index in [0.717, 1.165) is 31.2 Å². The normalized spacial score (nSPS) is 18.1. The van der Waals surface area contributed by atoms with E-state index in [1.807, 2.05) is 37.3 Å². The lowest BCUT2D eigenvalue weighted by Gasteiger charge is -2.22. The van der Waals surface area contributed by atoms with Crippen LogP contribution in [0.5, 0.6) is 0 Å². The minimum Gasteiger partial charge on any atom is -0.388 e. The third-order valence-electron chi connectivity index (χ3n) is 3.93. The molecule has 0 spiro atoms. The summed E-state index contributed by atoms with van der Waals surface area (Å²) in [5, 5.41) is 13.0. The van der Waals surface area contributed by atoms with Crippen molar-refractivity contribution in [1.29, 1.82) is 0 Å². The topological polar surface area (TPSA) is 49.3 Å². The molecule has 0 radical (unpaired) electrons. The van der Waals surface area contributed by atoms with Crippen molar-refractivity contribution in [2.24, 2.45) is 0 Å². The smallest absolute Gasteiger partial charge is 0.247 e. The molecule has 1 saturated carbocycles. The number of nitrogens with one attached hydrogen (secondary N) is 1. The maximum Gasteiger partial charge on any atom is 0.247 e. The molecule has 2 rings (SSSR count). The van der Waals surface area contributed by atoms with Crippen molar-refractivity contribution in [2.45, 2.75) is 45.1 Å². The number of benzene rings is 1. The Kier molecular flexibility index (Phi) is 4.61. The molecule has 1 amide bonds. The van der Waals surface area contributed by atoms with Crippen LogP contribution in [0.15, 0.2) is 29.8 Å². The molecule has 0 aliphatic heterocycles. The first kappa shape index (κ1) is 14.8. The van der Waals surface area contributed by atoms with Gasteiger partial charge in [0, 0.05) is 12.1 Å². The summed E-state index contributed by atoms with van der Waals surface area (Å²) in [7, 11) is 0. The van der Waals surface area contributed by atoms with Crippen molar-refractivity contribution in [3.8, 4) is 0 Å². The van der Waals surface area contributed by atoms with Crippen molar-refractivity contribution >= 4 is 12.0 Å². The van der Waals surface area contributed by atoms with E-state index in [-0.39, 0.29) is 5.91 Å². The Morgan fingerprint density at radius 2 is 1.90 bits per heavy atom. The van der Waals surface area contributed by atoms with Crippen LogP contribution in [0.1, 0.15) is 43.7 Å². The molecule has 0 saturated heterocycles. The molecular formula is C17H23NO2. The number of aryl methyl sites for hydroxylation is 1. The van der Waals surface area contributed by atoms with Gasteiger partial charge in [-0.2, -0.15) is 0 Å². The Labute approximate surface area is 120 Å². The highest BCUT2D eigenvalue weighted by Gasteiger charge is 2.31. The molecule has 0 bridgehead atoms. The Balaban J connectivity index is 1.92. The second-order valence-corrected chi connectivity index (χ2v) is 5.85. The molecule has 2 N–H and O–H groups in total. The molecule has 20 heavy (non-hydrogen) atoms. The first-order valence-corrected chi connectivity index (χ1v) is 7.24. The molecule has 108 valence electrons. The van der Waals surface area contributed by atoms with Gasteiger partial charge in [-0.05, 0) is 38.3 Å². The number of aliphatic hydroxyl groups is 1. The van der Waals surface area contributed by atoms with Crippen molar-refractivity contribution in [1.82, 2.24) is 5.32 Å². The second kappa shape index (κ2) is 6.23. The molecule has 1 aromatic carbocycles. The van der Waals surface area contributed by atoms with E-state index in [2.05, 4.69) is 5.32 Å². The summed E-state index contributed by atoms with van der Waals surface area (Å²) in [6.07, 6.45) is 5.53. The molecule has 0 atom stereocenters. The summed E-state index contributed by atoms with van der Waals surface area (Å²) in [6, 6.07) is 8.05. The summed E-state index contributed by atoms with van der Waals surface area (Å²) >= 11 is 0. The predicted octanol–water partition coefficient (Wildman–Crippen LogP) is 2.82. The van der Waals surface area contributed by atoms with Crippen molar-refractivity contribution in [3.05, 3.63) is 41.0 Å². The van der Waals surface area contributed by atoms with E-state index < -0.39 is 5.60 Å². The van der Waals surface area contributed by atoms with Gasteiger partial charge in [0.1, 0.15) is 0 Å². The van der Waals surface area contributed by atoms with Gasteiger partial charge in [0.25, 0.3) is 0 Å². The lowest BCUT2D eigenvalue weighted by Crippen LogP contribution is -2.41. The molecule has 3 heteroatoms. The highest BCUT2D eigenvalue weighted by molar-refractivity contribution is 5.97. The molecule has 3 nitrogen and oxygen atoms in total. The lowest BCUT2D eigenvalue weighted by atomic mass is 10.0. The van der Waals surface area contributed by atoms with E-state index in [4.69, 9.17) is 0 Å². The number of rotatable bonds is 4. The Hall–Kier alpha value is -1.61. The van der Waals surface area contributed by atoms with Gasteiger partial charge in [-0.1, -0.05) is 42.7 Å². The van der Waals surface area contributed by atoms with Crippen LogP contribution in [0.4, 0.5) is 0 Å². The van der Waals surface area contributed by atoms with Crippen molar-refractivity contribution < 1.29 is 9.90 Å². The van der Waals surface area contributed by atoms with E-state index >= 15 is 0 Å². The molecule has 1 fully saturated rings. The van der Waals surface area contributed by atoms with Crippen LogP contribution >= 0.6 is 0 Å². The second-order valence-electron chi connectivity index (χ2n) is 5.85. The van der Waals surface area contributed by atoms with E-state index in [1.165, 1.54) is 5.56 Å². The number of amides is 1. The van der Waals surface area contributed by atoms with Crippen LogP contribution in [0, 0.1) is 6.92 Å². The van der Waals surface area contributed by atoms with Crippen LogP contribution < -0.4 is 5.32 Å². The van der Waals surface area contributed by atoms with Crippen LogP contribution in [0.3, 0.4) is 0 Å². The number of hydrogen-bond acceptors (Lipinski definition) is 2. The maximum absolute atomic E-state index is 12.0. The third kappa shape index (κ3) is 3.94. The predicted molar refractivity (Wildman–Crippen MR) is 81.3 cm³/mol. The van der Waals surface area contributed by atoms with Gasteiger partial charge in [-0.15, -0.1) is 0 Å². The Morgan fingerprint density at radius 3 is 2.50 bits per heavy atom. The maximum atomic E-state index is 12.0. The standard InChI is InChI=1S/C17H23NO2/c1-13-5-7-15(8-6-13)11-14(2)16(19)18-12-17(20)9-3-4-10-17/h5-8,11,20H,3-4,9-10,12H2,1-2H3,(H,18,19)/b14-11-. The van der Waals surface area contributed by atoms with Gasteiger partial charge in [0.2, 0.25) is 5.91 Å². The van der Waals surface area contributed by atoms with Crippen LogP contribution in [0.25, 0.3) is 6.08 Å². The Morgan fingerprint density at radius 1 is 1.30 bits per heavy atom. The average Bonchev–Trinajstić information content (AvgIpc) is 2.86. The number of carbonyl (C=O) groups excluding carboxylic acids is 1. The van der Waals surface area contributed by atoms with Crippen molar-refractivity contribution in [2.75, 3.05) is 6.54 Å². The summed E-state index contributed by atoms with van der Waals surface area (Å²) < 4.78 is 0. The lowest BCUT2D eigenvalue weighted by molar-refractivity contribution is -0.118. The fourth-order valence-corrected chi connectivity index (χ4v) is 2.57. The molecular weight excluding hydrogens is 250 g/mol. The molecule has 1 aliphatic carbocycles. The van der Waals surface area contributed by atoms with Gasteiger partial charge in [0.05, 0.1) is 5.60 Å². The highest BCUT2D eigenvalue weighted by Crippen LogP contribution is 2.28. The monoisotopic (exact) mass is 273 g/mol. The van der Waals surface area contributed by atoms with E-state index in [0.29, 0.717) is 12.1 Å². The van der Waals surface area contributed by atoms with E-state index in [1.54, 1.807) is 6.92 Å². The molecule has 1 aromatic rings. The Bertz CT molecular complexity index is 496. The average molecular weight is 273 g/mol. The van der Waals surface area contributed by atoms with Gasteiger partial charge in [0.15, 0.2) is 0 Å². The third-order valence-corrected chi connectivity index (χ3v) is 3.93. The number of carbonyl (C=O) groups is 1. The first-order chi connectivity index (χ1) is 9.48. The zero-order chi connectivity index (χ0) is 14.6. The van der Waals surface area contributed by atoms with Gasteiger partial charge < -0.3 is 10.4 Å². The molecule has 0 aromatic heterocycles. The molecule has 0 heterocycles. The van der Waals surface area contributed by atoms with Crippen molar-refractivity contribution in [3.63, 3.8) is 0 Å². The van der Waals surface area contributed by atoms with Gasteiger partial charge in [-0.3, -0.25) is 4.79 Å². The summed E-state index contributed by atoms with van der Waals surface area (Å²) in [4.78, 5) is 12.0. The zero-order valence-corrected chi connectivity index (χ0v) is 12.3. The quantitative estimate of drug-likeness (QED) is 0.829. The largest absolute Gasteiger partial charge is 0.388 e. The summed E-state index contributed by atoms with van der Waals surface area (Å²) in [6.45, 7) is 4.19. The van der Waals surface area contributed by atoms with Gasteiger partial charge in [-0.25, -0.2) is 0 Å². The highest BCUT2D eigenvalue weighted by atomic mass is 16.3. The summed E-state index contributed by atoms with van der Waals surface area (Å²) in [5.41, 5.74) is 2.19. The zero-order valence-electron chi connectivity index (χ0n) is 12.3. The number of hydrogen-bond donors (Lipinski definition) is 2. The van der Waals surface area contributed by atoms with E-state index in [9.17, 15) is 9.90 Å². The van der Waals surface area contributed by atoms with Crippen LogP contribution in [0.2, 0.25) is 0 Å². The fraction of sp³-hybridized carbons (Fsp3) is 0.471. The van der Waals surface area contributed by atoms with Crippen LogP contribution in [-0.2, 0) is 4.79 Å². The summed E-state index contributed by atoms with van der Waals surface area (Å²) in [5.74, 6) is -0.106. The molecule has 0 unspecified atom stereocenters. The fourth-order valence-electron chi connectivity index (χ4n) is 2.57. The minimum atomic E-state index is -0.695. The SMILES string of the molecule is C/C(=C/c1ccc(C)cc1)C(=O)NCC1(O)CCCC1. The van der Waals surface area contributed by atoms with Crippen LogP contribution in [-0.4, -0.2) is 23.2 Å². The molecule has 1 aliphatic rings. The first-order valence-electron chi connectivity index (χ1n) is 7.24. The van der Waals surface area contributed by atoms with Gasteiger partial charge >= 0.3 is 0 Å². The minimum absolute atomic E-state index is 0.106.